The van der Waals surface area contributed by atoms with Crippen LogP contribution in [0.1, 0.15) is 47.1 Å². The predicted molar refractivity (Wildman–Crippen MR) is 94.1 cm³/mol. The van der Waals surface area contributed by atoms with E-state index in [9.17, 15) is 14.4 Å². The zero-order valence-corrected chi connectivity index (χ0v) is 14.2. The van der Waals surface area contributed by atoms with Crippen molar-refractivity contribution in [2.45, 2.75) is 32.2 Å². The van der Waals surface area contributed by atoms with Crippen molar-refractivity contribution in [3.63, 3.8) is 0 Å². The summed E-state index contributed by atoms with van der Waals surface area (Å²) in [5.41, 5.74) is 0.659. The summed E-state index contributed by atoms with van der Waals surface area (Å²) in [6.45, 7) is 2.46. The molecule has 4 rings (SSSR count). The molecule has 0 spiro atoms. The van der Waals surface area contributed by atoms with Gasteiger partial charge in [0.05, 0.1) is 17.1 Å². The average Bonchev–Trinajstić information content (AvgIpc) is 3.08. The Kier molecular flexibility index (Phi) is 3.95. The average molecular weight is 354 g/mol. The van der Waals surface area contributed by atoms with Crippen LogP contribution < -0.4 is 11.1 Å². The number of aromatic nitrogens is 3. The highest BCUT2D eigenvalue weighted by molar-refractivity contribution is 5.97. The van der Waals surface area contributed by atoms with E-state index in [4.69, 9.17) is 4.52 Å². The zero-order chi connectivity index (χ0) is 18.3. The molecular weight excluding hydrogens is 336 g/mol. The molecule has 8 nitrogen and oxygen atoms in total. The summed E-state index contributed by atoms with van der Waals surface area (Å²) in [7, 11) is 0. The molecule has 1 saturated heterocycles. The Balaban J connectivity index is 1.71. The van der Waals surface area contributed by atoms with E-state index in [1.807, 2.05) is 13.0 Å². The molecule has 8 heteroatoms. The lowest BCUT2D eigenvalue weighted by atomic mass is 9.98. The SMILES string of the molecule is Cc1cc(C2CCCCN2C(=O)c2ccc3[nH]c(=O)c(=O)[nH]c3c2)no1. The van der Waals surface area contributed by atoms with Crippen LogP contribution >= 0.6 is 0 Å². The van der Waals surface area contributed by atoms with Crippen LogP contribution in [0.5, 0.6) is 0 Å². The maximum absolute atomic E-state index is 13.1. The number of hydrogen-bond acceptors (Lipinski definition) is 5. The quantitative estimate of drug-likeness (QED) is 0.683. The van der Waals surface area contributed by atoms with Gasteiger partial charge in [-0.2, -0.15) is 0 Å². The number of nitrogens with one attached hydrogen (secondary N) is 2. The van der Waals surface area contributed by atoms with Crippen LogP contribution in [0.15, 0.2) is 38.4 Å². The summed E-state index contributed by atoms with van der Waals surface area (Å²) in [5.74, 6) is 0.578. The van der Waals surface area contributed by atoms with E-state index in [1.54, 1.807) is 23.1 Å². The van der Waals surface area contributed by atoms with Crippen molar-refractivity contribution in [2.24, 2.45) is 0 Å². The molecule has 2 N–H and O–H groups in total. The Morgan fingerprint density at radius 1 is 1.15 bits per heavy atom. The van der Waals surface area contributed by atoms with E-state index >= 15 is 0 Å². The molecule has 0 radical (unpaired) electrons. The van der Waals surface area contributed by atoms with Crippen molar-refractivity contribution in [2.75, 3.05) is 6.54 Å². The highest BCUT2D eigenvalue weighted by atomic mass is 16.5. The molecule has 1 fully saturated rings. The number of H-pyrrole nitrogens is 2. The van der Waals surface area contributed by atoms with Crippen molar-refractivity contribution >= 4 is 16.9 Å². The fourth-order valence-electron chi connectivity index (χ4n) is 3.44. The number of likely N-dealkylation sites (tertiary alicyclic amines) is 1. The van der Waals surface area contributed by atoms with E-state index in [2.05, 4.69) is 15.1 Å². The molecule has 26 heavy (non-hydrogen) atoms. The molecule has 1 aliphatic rings. The highest BCUT2D eigenvalue weighted by Crippen LogP contribution is 2.32. The molecule has 1 amide bonds. The second-order valence-electron chi connectivity index (χ2n) is 6.54. The van der Waals surface area contributed by atoms with Gasteiger partial charge in [0.1, 0.15) is 11.5 Å². The third-order valence-electron chi connectivity index (χ3n) is 4.72. The van der Waals surface area contributed by atoms with Crippen LogP contribution in [0.3, 0.4) is 0 Å². The van der Waals surface area contributed by atoms with E-state index < -0.39 is 11.1 Å². The predicted octanol–water partition coefficient (Wildman–Crippen LogP) is 1.88. The van der Waals surface area contributed by atoms with E-state index in [0.29, 0.717) is 28.9 Å². The monoisotopic (exact) mass is 354 g/mol. The minimum absolute atomic E-state index is 0.126. The van der Waals surface area contributed by atoms with Crippen LogP contribution in [0, 0.1) is 6.92 Å². The maximum Gasteiger partial charge on any atom is 0.314 e. The number of hydrogen-bond donors (Lipinski definition) is 2. The number of amides is 1. The molecule has 1 aliphatic heterocycles. The van der Waals surface area contributed by atoms with Gasteiger partial charge in [-0.1, -0.05) is 5.16 Å². The lowest BCUT2D eigenvalue weighted by molar-refractivity contribution is 0.0602. The summed E-state index contributed by atoms with van der Waals surface area (Å²) in [5, 5.41) is 4.08. The number of rotatable bonds is 2. The van der Waals surface area contributed by atoms with E-state index in [0.717, 1.165) is 25.0 Å². The number of carbonyl (C=O) groups is 1. The number of fused-ring (bicyclic) bond motifs is 1. The second kappa shape index (κ2) is 6.29. The fraction of sp³-hybridized carbons (Fsp3) is 0.333. The first-order chi connectivity index (χ1) is 12.5. The Morgan fingerprint density at radius 2 is 1.92 bits per heavy atom. The molecule has 2 aromatic heterocycles. The molecule has 3 heterocycles. The fourth-order valence-corrected chi connectivity index (χ4v) is 3.44. The van der Waals surface area contributed by atoms with E-state index in [1.165, 1.54) is 0 Å². The zero-order valence-electron chi connectivity index (χ0n) is 14.2. The number of benzene rings is 1. The van der Waals surface area contributed by atoms with E-state index in [-0.39, 0.29) is 11.9 Å². The van der Waals surface area contributed by atoms with Gasteiger partial charge in [0, 0.05) is 18.2 Å². The number of nitrogens with zero attached hydrogens (tertiary/aromatic N) is 2. The van der Waals surface area contributed by atoms with Crippen molar-refractivity contribution in [1.29, 1.82) is 0 Å². The number of aryl methyl sites for hydroxylation is 1. The highest BCUT2D eigenvalue weighted by Gasteiger charge is 2.30. The van der Waals surface area contributed by atoms with Crippen LogP contribution in [0.25, 0.3) is 11.0 Å². The normalized spacial score (nSPS) is 17.6. The smallest absolute Gasteiger partial charge is 0.314 e. The first kappa shape index (κ1) is 16.3. The lowest BCUT2D eigenvalue weighted by Gasteiger charge is -2.34. The van der Waals surface area contributed by atoms with Crippen molar-refractivity contribution in [3.05, 3.63) is 62.0 Å². The molecule has 1 atom stereocenters. The second-order valence-corrected chi connectivity index (χ2v) is 6.54. The Morgan fingerprint density at radius 3 is 2.65 bits per heavy atom. The van der Waals surface area contributed by atoms with Gasteiger partial charge in [0.2, 0.25) is 0 Å². The number of aromatic amines is 2. The van der Waals surface area contributed by atoms with Crippen molar-refractivity contribution < 1.29 is 9.32 Å². The summed E-state index contributed by atoms with van der Waals surface area (Å²) < 4.78 is 5.17. The van der Waals surface area contributed by atoms with Crippen LogP contribution in [-0.4, -0.2) is 32.5 Å². The Hall–Kier alpha value is -3.16. The van der Waals surface area contributed by atoms with Gasteiger partial charge >= 0.3 is 11.1 Å². The van der Waals surface area contributed by atoms with Crippen LogP contribution in [0.4, 0.5) is 0 Å². The van der Waals surface area contributed by atoms with Crippen LogP contribution in [-0.2, 0) is 0 Å². The molecule has 3 aromatic rings. The molecule has 0 saturated carbocycles. The summed E-state index contributed by atoms with van der Waals surface area (Å²) in [6, 6.07) is 6.60. The number of carbonyl (C=O) groups excluding carboxylic acids is 1. The van der Waals surface area contributed by atoms with Crippen LogP contribution in [0.2, 0.25) is 0 Å². The van der Waals surface area contributed by atoms with Gasteiger partial charge in [-0.3, -0.25) is 14.4 Å². The van der Waals surface area contributed by atoms with Gasteiger partial charge in [-0.25, -0.2) is 0 Å². The lowest BCUT2D eigenvalue weighted by Crippen LogP contribution is -2.38. The first-order valence-corrected chi connectivity index (χ1v) is 8.53. The standard InChI is InChI=1S/C18H18N4O4/c1-10-8-14(21-26-10)15-4-2-3-7-22(15)18(25)11-5-6-12-13(9-11)20-17(24)16(23)19-12/h5-6,8-9,15H,2-4,7H2,1H3,(H,19,23)(H,20,24). The van der Waals surface area contributed by atoms with Gasteiger partial charge in [-0.15, -0.1) is 0 Å². The molecule has 0 bridgehead atoms. The molecule has 1 unspecified atom stereocenters. The van der Waals surface area contributed by atoms with Gasteiger partial charge in [0.25, 0.3) is 5.91 Å². The minimum Gasteiger partial charge on any atom is -0.361 e. The molecule has 134 valence electrons. The largest absolute Gasteiger partial charge is 0.361 e. The third-order valence-corrected chi connectivity index (χ3v) is 4.72. The first-order valence-electron chi connectivity index (χ1n) is 8.53. The Labute approximate surface area is 147 Å². The molecular formula is C18H18N4O4. The number of piperidine rings is 1. The maximum atomic E-state index is 13.1. The van der Waals surface area contributed by atoms with Gasteiger partial charge in [-0.05, 0) is 44.4 Å². The third kappa shape index (κ3) is 2.83. The van der Waals surface area contributed by atoms with Crippen molar-refractivity contribution in [3.8, 4) is 0 Å². The molecule has 1 aromatic carbocycles. The molecule has 0 aliphatic carbocycles. The minimum atomic E-state index is -0.740. The van der Waals surface area contributed by atoms with Crippen molar-refractivity contribution in [1.82, 2.24) is 20.0 Å². The van der Waals surface area contributed by atoms with Gasteiger partial charge in [0.15, 0.2) is 0 Å². The van der Waals surface area contributed by atoms with Gasteiger partial charge < -0.3 is 19.4 Å². The Bertz CT molecular complexity index is 1090. The summed E-state index contributed by atoms with van der Waals surface area (Å²) >= 11 is 0. The summed E-state index contributed by atoms with van der Waals surface area (Å²) in [4.78, 5) is 42.8. The summed E-state index contributed by atoms with van der Waals surface area (Å²) in [6.07, 6.45) is 2.78. The topological polar surface area (TPSA) is 112 Å².